The van der Waals surface area contributed by atoms with Crippen LogP contribution in [0.25, 0.3) is 0 Å². The number of hydrogen-bond acceptors (Lipinski definition) is 8. The van der Waals surface area contributed by atoms with E-state index < -0.39 is 32.5 Å². The van der Waals surface area contributed by atoms with Crippen molar-refractivity contribution < 1.29 is 37.6 Å². The molecule has 0 aromatic rings. The second-order valence-electron chi connectivity index (χ2n) is 20.2. The van der Waals surface area contributed by atoms with Crippen molar-refractivity contribution in [2.75, 3.05) is 26.4 Å². The molecule has 10 heteroatoms. The maximum absolute atomic E-state index is 12.7. The Balaban J connectivity index is 4.03. The van der Waals surface area contributed by atoms with Gasteiger partial charge in [-0.1, -0.05) is 262 Å². The maximum Gasteiger partial charge on any atom is 0.472 e. The summed E-state index contributed by atoms with van der Waals surface area (Å²) in [6.07, 6.45) is 90.5. The number of rotatable bonds is 57. The molecule has 9 nitrogen and oxygen atoms in total. The third kappa shape index (κ3) is 62.9. The SMILES string of the molecule is CC/C=C\C/C=C\C/C=C\C/C=C\C/C=C\C/C=C\C/C=C\C/C=C\CCCCCCC(=O)OC(COC(=O)CCCCCCCCCCCCCCCCCC/C=C\C/C=C\C/C=C\C/C=C\CC)COP(=O)(O)OCCN. The number of allylic oxidation sites excluding steroid dienone is 24. The van der Waals surface area contributed by atoms with Gasteiger partial charge in [-0.15, -0.1) is 0 Å². The van der Waals surface area contributed by atoms with E-state index in [1.165, 1.54) is 89.9 Å². The molecule has 0 bridgehead atoms. The van der Waals surface area contributed by atoms with Crippen molar-refractivity contribution in [3.8, 4) is 0 Å². The number of phosphoric ester groups is 1. The van der Waals surface area contributed by atoms with Crippen LogP contribution in [0, 0.1) is 0 Å². The fourth-order valence-corrected chi connectivity index (χ4v) is 8.94. The summed E-state index contributed by atoms with van der Waals surface area (Å²) in [5.41, 5.74) is 5.39. The Morgan fingerprint density at radius 2 is 0.658 bits per heavy atom. The lowest BCUT2D eigenvalue weighted by Gasteiger charge is -2.19. The van der Waals surface area contributed by atoms with Gasteiger partial charge in [0.2, 0.25) is 0 Å². The molecule has 2 unspecified atom stereocenters. The molecule has 0 saturated heterocycles. The number of esters is 2. The van der Waals surface area contributed by atoms with Crippen LogP contribution >= 0.6 is 7.82 Å². The van der Waals surface area contributed by atoms with Crippen LogP contribution in [0.1, 0.15) is 245 Å². The van der Waals surface area contributed by atoms with Crippen LogP contribution in [0.3, 0.4) is 0 Å². The Morgan fingerprint density at radius 3 is 0.975 bits per heavy atom. The van der Waals surface area contributed by atoms with Gasteiger partial charge >= 0.3 is 19.8 Å². The Kier molecular flexibility index (Phi) is 59.8. The second-order valence-corrected chi connectivity index (χ2v) is 21.6. The van der Waals surface area contributed by atoms with Crippen LogP contribution in [-0.2, 0) is 32.7 Å². The molecule has 0 rings (SSSR count). The van der Waals surface area contributed by atoms with E-state index in [2.05, 4.69) is 160 Å². The van der Waals surface area contributed by atoms with E-state index in [1.54, 1.807) is 0 Å². The molecule has 79 heavy (non-hydrogen) atoms. The normalized spacial score (nSPS) is 14.0. The summed E-state index contributed by atoms with van der Waals surface area (Å²) < 4.78 is 33.1. The van der Waals surface area contributed by atoms with E-state index in [0.29, 0.717) is 6.42 Å². The minimum atomic E-state index is -4.41. The zero-order valence-corrected chi connectivity index (χ0v) is 50.9. The monoisotopic (exact) mass is 1120 g/mol. The molecular formula is C69H114NO8P. The van der Waals surface area contributed by atoms with Crippen molar-refractivity contribution in [2.24, 2.45) is 5.73 Å². The summed E-state index contributed by atoms with van der Waals surface area (Å²) in [6, 6.07) is 0. The molecule has 2 atom stereocenters. The summed E-state index contributed by atoms with van der Waals surface area (Å²) >= 11 is 0. The smallest absolute Gasteiger partial charge is 0.462 e. The average molecular weight is 1120 g/mol. The predicted octanol–water partition coefficient (Wildman–Crippen LogP) is 20.3. The Morgan fingerprint density at radius 1 is 0.380 bits per heavy atom. The van der Waals surface area contributed by atoms with Crippen molar-refractivity contribution >= 4 is 19.8 Å². The van der Waals surface area contributed by atoms with Crippen LogP contribution in [0.5, 0.6) is 0 Å². The van der Waals surface area contributed by atoms with Crippen LogP contribution in [-0.4, -0.2) is 49.3 Å². The summed E-state index contributed by atoms with van der Waals surface area (Å²) in [5, 5.41) is 0. The molecule has 0 aliphatic carbocycles. The van der Waals surface area contributed by atoms with Gasteiger partial charge in [0.05, 0.1) is 13.2 Å². The van der Waals surface area contributed by atoms with Crippen LogP contribution in [0.4, 0.5) is 0 Å². The van der Waals surface area contributed by atoms with Gasteiger partial charge in [0, 0.05) is 19.4 Å². The van der Waals surface area contributed by atoms with E-state index in [1.807, 2.05) is 0 Å². The summed E-state index contributed by atoms with van der Waals surface area (Å²) in [6.45, 7) is 3.48. The van der Waals surface area contributed by atoms with Crippen LogP contribution in [0.2, 0.25) is 0 Å². The maximum atomic E-state index is 12.7. The second kappa shape index (κ2) is 63.1. The lowest BCUT2D eigenvalue weighted by Crippen LogP contribution is -2.29. The van der Waals surface area contributed by atoms with Gasteiger partial charge in [0.15, 0.2) is 6.10 Å². The topological polar surface area (TPSA) is 134 Å². The largest absolute Gasteiger partial charge is 0.472 e. The summed E-state index contributed by atoms with van der Waals surface area (Å²) in [7, 11) is -4.41. The molecule has 0 saturated carbocycles. The Labute approximate surface area is 484 Å². The predicted molar refractivity (Wildman–Crippen MR) is 339 cm³/mol. The number of phosphoric acid groups is 1. The molecular weight excluding hydrogens is 1000 g/mol. The van der Waals surface area contributed by atoms with E-state index in [0.717, 1.165) is 122 Å². The molecule has 0 amide bonds. The first-order valence-corrected chi connectivity index (χ1v) is 32.8. The highest BCUT2D eigenvalue weighted by atomic mass is 31.2. The van der Waals surface area contributed by atoms with Crippen LogP contribution < -0.4 is 5.73 Å². The molecule has 0 aromatic heterocycles. The molecule has 0 aliphatic rings. The molecule has 0 heterocycles. The Bertz CT molecular complexity index is 1800. The van der Waals surface area contributed by atoms with Gasteiger partial charge in [0.25, 0.3) is 0 Å². The van der Waals surface area contributed by atoms with Gasteiger partial charge in [-0.3, -0.25) is 18.6 Å². The number of carbonyl (C=O) groups excluding carboxylic acids is 2. The molecule has 0 aliphatic heterocycles. The lowest BCUT2D eigenvalue weighted by molar-refractivity contribution is -0.161. The minimum Gasteiger partial charge on any atom is -0.462 e. The van der Waals surface area contributed by atoms with Gasteiger partial charge in [-0.2, -0.15) is 0 Å². The average Bonchev–Trinajstić information content (AvgIpc) is 3.44. The third-order valence-corrected chi connectivity index (χ3v) is 13.7. The number of ether oxygens (including phenoxy) is 2. The zero-order chi connectivity index (χ0) is 57.3. The van der Waals surface area contributed by atoms with E-state index >= 15 is 0 Å². The first-order valence-electron chi connectivity index (χ1n) is 31.3. The van der Waals surface area contributed by atoms with Crippen molar-refractivity contribution in [3.05, 3.63) is 146 Å². The Hall–Kier alpha value is -4.11. The molecule has 0 radical (unpaired) electrons. The van der Waals surface area contributed by atoms with E-state index in [-0.39, 0.29) is 32.6 Å². The van der Waals surface area contributed by atoms with E-state index in [9.17, 15) is 19.0 Å². The highest BCUT2D eigenvalue weighted by Crippen LogP contribution is 2.43. The number of nitrogens with two attached hydrogens (primary N) is 1. The fraction of sp³-hybridized carbons (Fsp3) is 0.623. The number of carbonyl (C=O) groups is 2. The minimum absolute atomic E-state index is 0.0417. The first-order chi connectivity index (χ1) is 38.8. The van der Waals surface area contributed by atoms with Gasteiger partial charge in [0.1, 0.15) is 6.61 Å². The van der Waals surface area contributed by atoms with E-state index in [4.69, 9.17) is 24.3 Å². The molecule has 0 aromatic carbocycles. The number of unbranched alkanes of at least 4 members (excludes halogenated alkanes) is 20. The quantitative estimate of drug-likeness (QED) is 0.0264. The van der Waals surface area contributed by atoms with Crippen molar-refractivity contribution in [1.29, 1.82) is 0 Å². The highest BCUT2D eigenvalue weighted by Gasteiger charge is 2.26. The molecule has 0 fully saturated rings. The highest BCUT2D eigenvalue weighted by molar-refractivity contribution is 7.47. The third-order valence-electron chi connectivity index (χ3n) is 12.7. The first kappa shape index (κ1) is 74.9. The number of hydrogen-bond donors (Lipinski definition) is 2. The fourth-order valence-electron chi connectivity index (χ4n) is 8.17. The van der Waals surface area contributed by atoms with Crippen molar-refractivity contribution in [2.45, 2.75) is 251 Å². The van der Waals surface area contributed by atoms with Gasteiger partial charge in [-0.05, 0) is 116 Å². The van der Waals surface area contributed by atoms with Crippen LogP contribution in [0.15, 0.2) is 146 Å². The standard InChI is InChI=1S/C69H114NO8P/c1-3-5-7-9-11-13-15-17-19-21-23-25-27-29-31-33-35-37-39-41-43-45-47-49-51-53-55-57-59-61-68(71)75-65-67(66-77-79(73,74)76-64-63-70)78-69(72)62-60-58-56-54-52-50-48-46-44-42-40-38-36-34-32-30-28-26-24-22-20-18-16-14-12-10-8-6-4-2/h5-8,11-14,17-20,23-26,30,32,36,38,42,44,48,50,67H,3-4,9-10,15-16,21-22,27-29,31,33-35,37,39-41,43,45-47,49,51-66,70H2,1-2H3,(H,73,74)/b7-5-,8-6-,13-11-,14-12-,19-17-,20-18-,25-23-,26-24-,32-30-,38-36-,44-42-,50-48-. The molecule has 448 valence electrons. The lowest BCUT2D eigenvalue weighted by atomic mass is 10.0. The zero-order valence-electron chi connectivity index (χ0n) is 50.0. The molecule has 3 N–H and O–H groups in total. The van der Waals surface area contributed by atoms with Gasteiger partial charge < -0.3 is 20.1 Å². The summed E-state index contributed by atoms with van der Waals surface area (Å²) in [5.74, 6) is -0.863. The molecule has 0 spiro atoms. The van der Waals surface area contributed by atoms with Crippen molar-refractivity contribution in [1.82, 2.24) is 0 Å². The summed E-state index contributed by atoms with van der Waals surface area (Å²) in [4.78, 5) is 35.3. The van der Waals surface area contributed by atoms with Gasteiger partial charge in [-0.25, -0.2) is 4.57 Å². The van der Waals surface area contributed by atoms with Crippen molar-refractivity contribution in [3.63, 3.8) is 0 Å².